The van der Waals surface area contributed by atoms with Crippen molar-refractivity contribution in [2.24, 2.45) is 5.84 Å². The van der Waals surface area contributed by atoms with E-state index in [1.165, 1.54) is 12.8 Å². The summed E-state index contributed by atoms with van der Waals surface area (Å²) >= 11 is 0. The van der Waals surface area contributed by atoms with Gasteiger partial charge in [-0.15, -0.1) is 0 Å². The van der Waals surface area contributed by atoms with E-state index < -0.39 is 0 Å². The number of ether oxygens (including phenoxy) is 2. The molecular formula is C15H28N4O2. The molecule has 0 radical (unpaired) electrons. The molecule has 2 rings (SSSR count). The first-order valence-corrected chi connectivity index (χ1v) is 7.97. The molecule has 2 heterocycles. The second-order valence-corrected chi connectivity index (χ2v) is 5.61. The summed E-state index contributed by atoms with van der Waals surface area (Å²) < 4.78 is 13.2. The number of hydrogen-bond donors (Lipinski definition) is 2. The first-order chi connectivity index (χ1) is 10.3. The van der Waals surface area contributed by atoms with Crippen molar-refractivity contribution in [3.63, 3.8) is 0 Å². The molecule has 2 unspecified atom stereocenters. The highest BCUT2D eigenvalue weighted by Crippen LogP contribution is 2.29. The third-order valence-corrected chi connectivity index (χ3v) is 4.08. The standard InChI is InChI=1S/C15H28N4O2/c1-3-9-19-15(14(20-2)11-17-19)13(18-16)8-7-12-6-4-5-10-21-12/h11-13,18H,3-10,16H2,1-2H3. The molecule has 21 heavy (non-hydrogen) atoms. The van der Waals surface area contributed by atoms with E-state index in [0.717, 1.165) is 50.3 Å². The predicted octanol–water partition coefficient (Wildman–Crippen LogP) is 2.16. The minimum absolute atomic E-state index is 0.0412. The van der Waals surface area contributed by atoms with Crippen LogP contribution >= 0.6 is 0 Å². The zero-order valence-electron chi connectivity index (χ0n) is 13.2. The lowest BCUT2D eigenvalue weighted by Gasteiger charge is -2.25. The van der Waals surface area contributed by atoms with Gasteiger partial charge in [0.25, 0.3) is 0 Å². The molecule has 6 nitrogen and oxygen atoms in total. The molecular weight excluding hydrogens is 268 g/mol. The minimum Gasteiger partial charge on any atom is -0.493 e. The summed E-state index contributed by atoms with van der Waals surface area (Å²) in [5.41, 5.74) is 3.96. The van der Waals surface area contributed by atoms with Gasteiger partial charge >= 0.3 is 0 Å². The molecule has 6 heteroatoms. The third-order valence-electron chi connectivity index (χ3n) is 4.08. The monoisotopic (exact) mass is 296 g/mol. The van der Waals surface area contributed by atoms with Crippen molar-refractivity contribution in [1.82, 2.24) is 15.2 Å². The topological polar surface area (TPSA) is 74.3 Å². The van der Waals surface area contributed by atoms with Crippen molar-refractivity contribution < 1.29 is 9.47 Å². The Hall–Kier alpha value is -1.11. The summed E-state index contributed by atoms with van der Waals surface area (Å²) in [6, 6.07) is 0.0412. The van der Waals surface area contributed by atoms with E-state index in [9.17, 15) is 0 Å². The van der Waals surface area contributed by atoms with E-state index in [-0.39, 0.29) is 6.04 Å². The largest absolute Gasteiger partial charge is 0.493 e. The van der Waals surface area contributed by atoms with Gasteiger partial charge in [-0.25, -0.2) is 0 Å². The van der Waals surface area contributed by atoms with Gasteiger partial charge in [0, 0.05) is 13.2 Å². The summed E-state index contributed by atoms with van der Waals surface area (Å²) in [6.45, 7) is 3.90. The van der Waals surface area contributed by atoms with E-state index in [1.54, 1.807) is 13.3 Å². The molecule has 0 aromatic carbocycles. The molecule has 0 spiro atoms. The zero-order chi connectivity index (χ0) is 15.1. The summed E-state index contributed by atoms with van der Waals surface area (Å²) in [7, 11) is 1.68. The SMILES string of the molecule is CCCn1ncc(OC)c1C(CCC1CCCCO1)NN. The maximum Gasteiger partial charge on any atom is 0.161 e. The average molecular weight is 296 g/mol. The Morgan fingerprint density at radius 3 is 3.05 bits per heavy atom. The lowest BCUT2D eigenvalue weighted by atomic mass is 10.00. The number of nitrogens with one attached hydrogen (secondary N) is 1. The number of hydrogen-bond acceptors (Lipinski definition) is 5. The molecule has 1 aliphatic heterocycles. The number of aryl methyl sites for hydroxylation is 1. The normalized spacial score (nSPS) is 20.4. The maximum absolute atomic E-state index is 5.80. The molecule has 1 aliphatic rings. The first kappa shape index (κ1) is 16.3. The summed E-state index contributed by atoms with van der Waals surface area (Å²) in [6.07, 6.45) is 8.70. The van der Waals surface area contributed by atoms with Crippen LogP contribution in [0.2, 0.25) is 0 Å². The quantitative estimate of drug-likeness (QED) is 0.568. The van der Waals surface area contributed by atoms with Crippen LogP contribution in [-0.2, 0) is 11.3 Å². The van der Waals surface area contributed by atoms with Crippen molar-refractivity contribution in [3.8, 4) is 5.75 Å². The van der Waals surface area contributed by atoms with E-state index in [1.807, 2.05) is 4.68 Å². The van der Waals surface area contributed by atoms with Crippen LogP contribution in [0.15, 0.2) is 6.20 Å². The van der Waals surface area contributed by atoms with Crippen molar-refractivity contribution in [3.05, 3.63) is 11.9 Å². The Morgan fingerprint density at radius 2 is 2.43 bits per heavy atom. The first-order valence-electron chi connectivity index (χ1n) is 7.97. The van der Waals surface area contributed by atoms with Crippen molar-refractivity contribution in [2.45, 2.75) is 64.1 Å². The van der Waals surface area contributed by atoms with Gasteiger partial charge in [-0.05, 0) is 38.5 Å². The Balaban J connectivity index is 2.03. The van der Waals surface area contributed by atoms with Gasteiger partial charge in [-0.2, -0.15) is 5.10 Å². The number of nitrogens with zero attached hydrogens (tertiary/aromatic N) is 2. The second kappa shape index (κ2) is 8.36. The Kier molecular flexibility index (Phi) is 6.48. The molecule has 1 aromatic rings. The molecule has 0 saturated carbocycles. The van der Waals surface area contributed by atoms with Crippen LogP contribution in [0.4, 0.5) is 0 Å². The minimum atomic E-state index is 0.0412. The third kappa shape index (κ3) is 4.18. The van der Waals surface area contributed by atoms with Gasteiger partial charge in [-0.1, -0.05) is 6.92 Å². The van der Waals surface area contributed by atoms with Crippen LogP contribution in [0, 0.1) is 0 Å². The number of rotatable bonds is 8. The van der Waals surface area contributed by atoms with Crippen LogP contribution in [0.5, 0.6) is 5.75 Å². The fraction of sp³-hybridized carbons (Fsp3) is 0.800. The van der Waals surface area contributed by atoms with Crippen molar-refractivity contribution >= 4 is 0 Å². The molecule has 1 aromatic heterocycles. The van der Waals surface area contributed by atoms with Crippen LogP contribution in [0.25, 0.3) is 0 Å². The van der Waals surface area contributed by atoms with Crippen LogP contribution in [-0.4, -0.2) is 29.6 Å². The van der Waals surface area contributed by atoms with Crippen LogP contribution < -0.4 is 16.0 Å². The van der Waals surface area contributed by atoms with E-state index in [2.05, 4.69) is 17.4 Å². The molecule has 0 bridgehead atoms. The summed E-state index contributed by atoms with van der Waals surface area (Å²) in [5, 5.41) is 4.41. The number of methoxy groups -OCH3 is 1. The van der Waals surface area contributed by atoms with Gasteiger partial charge < -0.3 is 9.47 Å². The van der Waals surface area contributed by atoms with Crippen LogP contribution in [0.3, 0.4) is 0 Å². The molecule has 1 fully saturated rings. The number of aromatic nitrogens is 2. The molecule has 1 saturated heterocycles. The Labute approximate surface area is 126 Å². The van der Waals surface area contributed by atoms with Gasteiger partial charge in [-0.3, -0.25) is 16.0 Å². The van der Waals surface area contributed by atoms with Gasteiger partial charge in [0.15, 0.2) is 5.75 Å². The van der Waals surface area contributed by atoms with Gasteiger partial charge in [0.2, 0.25) is 0 Å². The fourth-order valence-electron chi connectivity index (χ4n) is 2.96. The molecule has 0 amide bonds. The van der Waals surface area contributed by atoms with Crippen molar-refractivity contribution in [2.75, 3.05) is 13.7 Å². The van der Waals surface area contributed by atoms with Gasteiger partial charge in [0.1, 0.15) is 0 Å². The van der Waals surface area contributed by atoms with E-state index in [0.29, 0.717) is 6.10 Å². The smallest absolute Gasteiger partial charge is 0.161 e. The predicted molar refractivity (Wildman–Crippen MR) is 82.0 cm³/mol. The zero-order valence-corrected chi connectivity index (χ0v) is 13.2. The summed E-state index contributed by atoms with van der Waals surface area (Å²) in [5.74, 6) is 6.58. The van der Waals surface area contributed by atoms with Gasteiger partial charge in [0.05, 0.1) is 31.1 Å². The van der Waals surface area contributed by atoms with Crippen LogP contribution in [0.1, 0.15) is 57.2 Å². The highest BCUT2D eigenvalue weighted by atomic mass is 16.5. The van der Waals surface area contributed by atoms with E-state index in [4.69, 9.17) is 15.3 Å². The molecule has 2 atom stereocenters. The lowest BCUT2D eigenvalue weighted by molar-refractivity contribution is 0.00836. The lowest BCUT2D eigenvalue weighted by Crippen LogP contribution is -2.31. The average Bonchev–Trinajstić information content (AvgIpc) is 2.92. The Morgan fingerprint density at radius 1 is 1.57 bits per heavy atom. The number of nitrogens with two attached hydrogens (primary N) is 1. The molecule has 0 aliphatic carbocycles. The highest BCUT2D eigenvalue weighted by Gasteiger charge is 2.23. The van der Waals surface area contributed by atoms with Crippen molar-refractivity contribution in [1.29, 1.82) is 0 Å². The van der Waals surface area contributed by atoms with E-state index >= 15 is 0 Å². The number of hydrazine groups is 1. The summed E-state index contributed by atoms with van der Waals surface area (Å²) in [4.78, 5) is 0. The second-order valence-electron chi connectivity index (χ2n) is 5.61. The molecule has 3 N–H and O–H groups in total. The highest BCUT2D eigenvalue weighted by molar-refractivity contribution is 5.28. The maximum atomic E-state index is 5.80. The Bertz CT molecular complexity index is 416. The fourth-order valence-corrected chi connectivity index (χ4v) is 2.96. The molecule has 120 valence electrons.